The van der Waals surface area contributed by atoms with E-state index >= 15 is 0 Å². The van der Waals surface area contributed by atoms with Crippen LogP contribution in [0.15, 0.2) is 24.3 Å². The second-order valence-corrected chi connectivity index (χ2v) is 5.21. The zero-order chi connectivity index (χ0) is 12.7. The first-order valence-corrected chi connectivity index (χ1v) is 5.78. The molecule has 1 aliphatic carbocycles. The van der Waals surface area contributed by atoms with Crippen molar-refractivity contribution in [2.24, 2.45) is 5.92 Å². The summed E-state index contributed by atoms with van der Waals surface area (Å²) in [5, 5.41) is 8.98. The van der Waals surface area contributed by atoms with Crippen LogP contribution in [-0.4, -0.2) is 0 Å². The first-order chi connectivity index (χ1) is 7.88. The molecule has 0 amide bonds. The van der Waals surface area contributed by atoms with Crippen molar-refractivity contribution in [1.82, 2.24) is 0 Å². The SMILES string of the molecule is CC(C)(C#N)c1ccc(C(F)(F)C2CC2)cc1. The highest BCUT2D eigenvalue weighted by Gasteiger charge is 2.47. The van der Waals surface area contributed by atoms with Crippen LogP contribution in [0.1, 0.15) is 37.8 Å². The summed E-state index contributed by atoms with van der Waals surface area (Å²) in [5.41, 5.74) is 0.209. The van der Waals surface area contributed by atoms with Crippen molar-refractivity contribution in [3.63, 3.8) is 0 Å². The van der Waals surface area contributed by atoms with Crippen LogP contribution in [0.2, 0.25) is 0 Å². The molecule has 3 heteroatoms. The third-order valence-corrected chi connectivity index (χ3v) is 3.36. The molecule has 0 aliphatic heterocycles. The number of rotatable bonds is 3. The molecule has 0 N–H and O–H groups in total. The lowest BCUT2D eigenvalue weighted by Gasteiger charge is -2.19. The second-order valence-electron chi connectivity index (χ2n) is 5.21. The summed E-state index contributed by atoms with van der Waals surface area (Å²) in [6, 6.07) is 8.33. The lowest BCUT2D eigenvalue weighted by atomic mass is 9.85. The van der Waals surface area contributed by atoms with Crippen molar-refractivity contribution in [1.29, 1.82) is 5.26 Å². The van der Waals surface area contributed by atoms with Gasteiger partial charge in [0, 0.05) is 11.5 Å². The van der Waals surface area contributed by atoms with Gasteiger partial charge in [0.15, 0.2) is 0 Å². The van der Waals surface area contributed by atoms with Crippen LogP contribution in [0.25, 0.3) is 0 Å². The summed E-state index contributed by atoms with van der Waals surface area (Å²) in [6.45, 7) is 3.56. The van der Waals surface area contributed by atoms with E-state index in [2.05, 4.69) is 6.07 Å². The van der Waals surface area contributed by atoms with Crippen molar-refractivity contribution in [2.75, 3.05) is 0 Å². The molecular formula is C14H15F2N. The second kappa shape index (κ2) is 3.80. The number of hydrogen-bond donors (Lipinski definition) is 0. The molecule has 1 nitrogen and oxygen atoms in total. The van der Waals surface area contributed by atoms with Gasteiger partial charge in [0.2, 0.25) is 0 Å². The van der Waals surface area contributed by atoms with E-state index in [4.69, 9.17) is 5.26 Å². The molecule has 0 aromatic heterocycles. The van der Waals surface area contributed by atoms with Gasteiger partial charge < -0.3 is 0 Å². The molecule has 1 saturated carbocycles. The fraction of sp³-hybridized carbons (Fsp3) is 0.500. The topological polar surface area (TPSA) is 23.8 Å². The molecule has 0 saturated heterocycles. The highest BCUT2D eigenvalue weighted by atomic mass is 19.3. The molecule has 0 spiro atoms. The van der Waals surface area contributed by atoms with E-state index in [9.17, 15) is 8.78 Å². The fourth-order valence-corrected chi connectivity index (χ4v) is 1.86. The Bertz CT molecular complexity index is 450. The van der Waals surface area contributed by atoms with Gasteiger partial charge in [-0.25, -0.2) is 8.78 Å². The Labute approximate surface area is 100 Å². The maximum Gasteiger partial charge on any atom is 0.276 e. The van der Waals surface area contributed by atoms with Crippen LogP contribution < -0.4 is 0 Å². The summed E-state index contributed by atoms with van der Waals surface area (Å²) < 4.78 is 27.6. The Kier molecular flexibility index (Phi) is 2.69. The summed E-state index contributed by atoms with van der Waals surface area (Å²) in [4.78, 5) is 0. The largest absolute Gasteiger partial charge is 0.276 e. The van der Waals surface area contributed by atoms with E-state index in [1.807, 2.05) is 0 Å². The zero-order valence-corrected chi connectivity index (χ0v) is 10.0. The lowest BCUT2D eigenvalue weighted by molar-refractivity contribution is -0.0285. The third-order valence-electron chi connectivity index (χ3n) is 3.36. The first kappa shape index (κ1) is 12.0. The van der Waals surface area contributed by atoms with Crippen molar-refractivity contribution in [2.45, 2.75) is 38.0 Å². The van der Waals surface area contributed by atoms with Crippen LogP contribution in [0, 0.1) is 17.2 Å². The van der Waals surface area contributed by atoms with Gasteiger partial charge in [-0.3, -0.25) is 0 Å². The maximum absolute atomic E-state index is 13.8. The lowest BCUT2D eigenvalue weighted by Crippen LogP contribution is -2.18. The summed E-state index contributed by atoms with van der Waals surface area (Å²) in [6.07, 6.45) is 1.22. The highest BCUT2D eigenvalue weighted by molar-refractivity contribution is 5.34. The molecule has 1 aromatic carbocycles. The van der Waals surface area contributed by atoms with Gasteiger partial charge in [0.05, 0.1) is 11.5 Å². The van der Waals surface area contributed by atoms with Crippen molar-refractivity contribution in [3.05, 3.63) is 35.4 Å². The number of alkyl halides is 2. The fourth-order valence-electron chi connectivity index (χ4n) is 1.86. The van der Waals surface area contributed by atoms with Crippen LogP contribution in [0.4, 0.5) is 8.78 Å². The molecule has 1 aromatic rings. The smallest absolute Gasteiger partial charge is 0.201 e. The van der Waals surface area contributed by atoms with Gasteiger partial charge >= 0.3 is 0 Å². The molecule has 0 atom stereocenters. The Morgan fingerprint density at radius 2 is 1.59 bits per heavy atom. The molecule has 2 rings (SSSR count). The van der Waals surface area contributed by atoms with E-state index in [0.717, 1.165) is 5.56 Å². The molecule has 1 fully saturated rings. The molecule has 0 radical (unpaired) electrons. The summed E-state index contributed by atoms with van der Waals surface area (Å²) in [5.74, 6) is -3.20. The highest BCUT2D eigenvalue weighted by Crippen LogP contribution is 2.49. The van der Waals surface area contributed by atoms with Gasteiger partial charge in [0.25, 0.3) is 5.92 Å². The number of halogens is 2. The number of nitriles is 1. The maximum atomic E-state index is 13.8. The molecule has 17 heavy (non-hydrogen) atoms. The Hall–Kier alpha value is -1.43. The van der Waals surface area contributed by atoms with Crippen LogP contribution >= 0.6 is 0 Å². The average Bonchev–Trinajstić information content (AvgIpc) is 3.13. The van der Waals surface area contributed by atoms with Crippen molar-refractivity contribution >= 4 is 0 Å². The minimum Gasteiger partial charge on any atom is -0.201 e. The van der Waals surface area contributed by atoms with Crippen molar-refractivity contribution in [3.8, 4) is 6.07 Å². The van der Waals surface area contributed by atoms with Crippen molar-refractivity contribution < 1.29 is 8.78 Å². The normalized spacial score (nSPS) is 16.6. The number of hydrogen-bond acceptors (Lipinski definition) is 1. The Morgan fingerprint density at radius 3 is 2.00 bits per heavy atom. The zero-order valence-electron chi connectivity index (χ0n) is 10.0. The molecular weight excluding hydrogens is 220 g/mol. The van der Waals surface area contributed by atoms with E-state index in [1.165, 1.54) is 12.1 Å². The van der Waals surface area contributed by atoms with Crippen LogP contribution in [0.3, 0.4) is 0 Å². The van der Waals surface area contributed by atoms with Gasteiger partial charge in [-0.1, -0.05) is 24.3 Å². The number of nitrogens with zero attached hydrogens (tertiary/aromatic N) is 1. The van der Waals surface area contributed by atoms with Crippen LogP contribution in [-0.2, 0) is 11.3 Å². The minimum absolute atomic E-state index is 0.0671. The predicted octanol–water partition coefficient (Wildman–Crippen LogP) is 3.99. The monoisotopic (exact) mass is 235 g/mol. The average molecular weight is 235 g/mol. The minimum atomic E-state index is -2.71. The Balaban J connectivity index is 2.28. The van der Waals surface area contributed by atoms with Crippen LogP contribution in [0.5, 0.6) is 0 Å². The molecule has 0 bridgehead atoms. The predicted molar refractivity (Wildman–Crippen MR) is 61.7 cm³/mol. The molecule has 0 heterocycles. The third kappa shape index (κ3) is 2.17. The standard InChI is InChI=1S/C14H15F2N/c1-13(2,9-17)10-3-5-11(6-4-10)14(15,16)12-7-8-12/h3-6,12H,7-8H2,1-2H3. The van der Waals surface area contributed by atoms with Gasteiger partial charge in [-0.2, -0.15) is 5.26 Å². The van der Waals surface area contributed by atoms with E-state index < -0.39 is 17.3 Å². The molecule has 90 valence electrons. The quantitative estimate of drug-likeness (QED) is 0.777. The van der Waals surface area contributed by atoms with E-state index in [1.54, 1.807) is 26.0 Å². The Morgan fingerprint density at radius 1 is 1.12 bits per heavy atom. The number of benzene rings is 1. The molecule has 1 aliphatic rings. The molecule has 0 unspecified atom stereocenters. The van der Waals surface area contributed by atoms with Gasteiger partial charge in [-0.05, 0) is 32.3 Å². The summed E-state index contributed by atoms with van der Waals surface area (Å²) in [7, 11) is 0. The first-order valence-electron chi connectivity index (χ1n) is 5.78. The summed E-state index contributed by atoms with van der Waals surface area (Å²) >= 11 is 0. The van der Waals surface area contributed by atoms with Gasteiger partial charge in [-0.15, -0.1) is 0 Å². The van der Waals surface area contributed by atoms with E-state index in [-0.39, 0.29) is 5.56 Å². The van der Waals surface area contributed by atoms with E-state index in [0.29, 0.717) is 12.8 Å². The van der Waals surface area contributed by atoms with Gasteiger partial charge in [0.1, 0.15) is 0 Å².